The third-order valence-electron chi connectivity index (χ3n) is 8.26. The summed E-state index contributed by atoms with van der Waals surface area (Å²) < 4.78 is 27.8. The second-order valence-corrected chi connectivity index (χ2v) is 11.4. The number of piperidine rings is 1. The Morgan fingerprint density at radius 1 is 1.07 bits per heavy atom. The topological polar surface area (TPSA) is 97.0 Å². The lowest BCUT2D eigenvalue weighted by atomic mass is 9.98. The summed E-state index contributed by atoms with van der Waals surface area (Å²) >= 11 is 2.19. The second kappa shape index (κ2) is 11.4. The summed E-state index contributed by atoms with van der Waals surface area (Å²) in [6.07, 6.45) is 2.06. The van der Waals surface area contributed by atoms with Crippen LogP contribution in [0.2, 0.25) is 0 Å². The molecule has 0 atom stereocenters. The summed E-state index contributed by atoms with van der Waals surface area (Å²) in [6, 6.07) is 13.3. The quantitative estimate of drug-likeness (QED) is 0.164. The highest BCUT2D eigenvalue weighted by Crippen LogP contribution is 2.31. The van der Waals surface area contributed by atoms with Crippen molar-refractivity contribution in [3.8, 4) is 5.75 Å². The molecule has 0 unspecified atom stereocenters. The van der Waals surface area contributed by atoms with E-state index in [9.17, 15) is 14.4 Å². The number of rotatable bonds is 6. The Morgan fingerprint density at radius 2 is 1.86 bits per heavy atom. The fraction of sp³-hybridized carbons (Fsp3) is 0.323. The summed E-state index contributed by atoms with van der Waals surface area (Å²) in [7, 11) is 3.26. The molecule has 2 aliphatic rings. The van der Waals surface area contributed by atoms with Gasteiger partial charge in [0, 0.05) is 54.0 Å². The normalized spacial score (nSPS) is 15.9. The summed E-state index contributed by atoms with van der Waals surface area (Å²) in [6.45, 7) is 1.67. The number of carbonyl (C=O) groups is 2. The van der Waals surface area contributed by atoms with Crippen molar-refractivity contribution < 1.29 is 23.1 Å². The molecule has 2 amide bonds. The molecule has 3 heterocycles. The third-order valence-corrected chi connectivity index (χ3v) is 9.08. The van der Waals surface area contributed by atoms with E-state index in [1.807, 2.05) is 28.0 Å². The molecular formula is C31H30FIN4O5. The zero-order valence-electron chi connectivity index (χ0n) is 23.3. The first-order valence-corrected chi connectivity index (χ1v) is 15.3. The van der Waals surface area contributed by atoms with Gasteiger partial charge in [-0.3, -0.25) is 9.36 Å². The Labute approximate surface area is 255 Å². The minimum Gasteiger partial charge on any atom is -0.497 e. The van der Waals surface area contributed by atoms with Gasteiger partial charge in [-0.25, -0.2) is 14.0 Å². The Balaban J connectivity index is 1.18. The van der Waals surface area contributed by atoms with Gasteiger partial charge in [0.25, 0.3) is 0 Å². The highest BCUT2D eigenvalue weighted by molar-refractivity contribution is 14.1. The van der Waals surface area contributed by atoms with Crippen LogP contribution >= 0.6 is 22.6 Å². The van der Waals surface area contributed by atoms with Crippen LogP contribution in [0.25, 0.3) is 11.1 Å². The highest BCUT2D eigenvalue weighted by atomic mass is 127. The van der Waals surface area contributed by atoms with E-state index < -0.39 is 11.6 Å². The molecule has 3 aromatic carbocycles. The number of ether oxygens (including phenoxy) is 1. The summed E-state index contributed by atoms with van der Waals surface area (Å²) in [5.41, 5.74) is 4.75. The maximum Gasteiger partial charge on any atom is 0.419 e. The predicted octanol–water partition coefficient (Wildman–Crippen LogP) is 5.50. The van der Waals surface area contributed by atoms with E-state index in [1.54, 1.807) is 32.4 Å². The Bertz CT molecular complexity index is 1760. The van der Waals surface area contributed by atoms with E-state index in [0.29, 0.717) is 71.2 Å². The molecule has 0 radical (unpaired) electrons. The number of carbonyl (C=O) groups excluding carboxylic acids is 2. The van der Waals surface area contributed by atoms with Crippen LogP contribution in [0.5, 0.6) is 5.75 Å². The van der Waals surface area contributed by atoms with Gasteiger partial charge < -0.3 is 24.3 Å². The van der Waals surface area contributed by atoms with E-state index in [0.717, 1.165) is 22.6 Å². The van der Waals surface area contributed by atoms with Gasteiger partial charge >= 0.3 is 11.8 Å². The van der Waals surface area contributed by atoms with Crippen LogP contribution in [0.4, 0.5) is 20.6 Å². The van der Waals surface area contributed by atoms with Crippen molar-refractivity contribution in [1.82, 2.24) is 9.47 Å². The number of amides is 2. The largest absolute Gasteiger partial charge is 0.497 e. The van der Waals surface area contributed by atoms with Crippen LogP contribution in [-0.2, 0) is 17.9 Å². The van der Waals surface area contributed by atoms with E-state index in [4.69, 9.17) is 9.15 Å². The fourth-order valence-electron chi connectivity index (χ4n) is 6.00. The Hall–Kier alpha value is -3.87. The first-order chi connectivity index (χ1) is 20.3. The van der Waals surface area contributed by atoms with Crippen molar-refractivity contribution in [1.29, 1.82) is 0 Å². The van der Waals surface area contributed by atoms with E-state index in [-0.39, 0.29) is 17.9 Å². The second-order valence-electron chi connectivity index (χ2n) is 10.7. The zero-order valence-corrected chi connectivity index (χ0v) is 25.4. The number of anilines is 2. The number of ketones is 1. The molecule has 1 saturated heterocycles. The first kappa shape index (κ1) is 28.3. The molecule has 9 nitrogen and oxygen atoms in total. The van der Waals surface area contributed by atoms with Gasteiger partial charge in [0.15, 0.2) is 11.4 Å². The van der Waals surface area contributed by atoms with E-state index in [1.165, 1.54) is 16.7 Å². The van der Waals surface area contributed by atoms with Gasteiger partial charge in [0.2, 0.25) is 0 Å². The number of fused-ring (bicyclic) bond motifs is 2. The highest BCUT2D eigenvalue weighted by Gasteiger charge is 2.31. The average Bonchev–Trinajstić information content (AvgIpc) is 3.19. The summed E-state index contributed by atoms with van der Waals surface area (Å²) in [5, 5.41) is 3.03. The van der Waals surface area contributed by atoms with Crippen molar-refractivity contribution >= 4 is 56.9 Å². The number of oxazole rings is 1. The number of aryl methyl sites for hydroxylation is 1. The van der Waals surface area contributed by atoms with Crippen LogP contribution in [0, 0.1) is 5.82 Å². The van der Waals surface area contributed by atoms with Gasteiger partial charge in [-0.1, -0.05) is 22.6 Å². The monoisotopic (exact) mass is 684 g/mol. The number of benzene rings is 3. The van der Waals surface area contributed by atoms with Crippen LogP contribution in [0.3, 0.4) is 0 Å². The van der Waals surface area contributed by atoms with E-state index in [2.05, 4.69) is 27.9 Å². The molecule has 0 aliphatic carbocycles. The number of urea groups is 1. The average molecular weight is 685 g/mol. The lowest BCUT2D eigenvalue weighted by Gasteiger charge is -2.39. The molecule has 4 aromatic rings. The van der Waals surface area contributed by atoms with Gasteiger partial charge in [-0.15, -0.1) is 0 Å². The Kier molecular flexibility index (Phi) is 7.69. The van der Waals surface area contributed by atoms with Crippen LogP contribution in [0.15, 0.2) is 57.7 Å². The number of halogens is 2. The van der Waals surface area contributed by atoms with Gasteiger partial charge in [-0.05, 0) is 78.9 Å². The molecule has 0 spiro atoms. The fourth-order valence-corrected chi connectivity index (χ4v) is 6.58. The smallest absolute Gasteiger partial charge is 0.419 e. The van der Waals surface area contributed by atoms with E-state index >= 15 is 4.39 Å². The molecule has 218 valence electrons. The van der Waals surface area contributed by atoms with Gasteiger partial charge in [-0.2, -0.15) is 0 Å². The minimum atomic E-state index is -0.490. The van der Waals surface area contributed by atoms with Crippen molar-refractivity contribution in [3.05, 3.63) is 87.2 Å². The number of methoxy groups -OCH3 is 1. The van der Waals surface area contributed by atoms with Gasteiger partial charge in [0.1, 0.15) is 11.6 Å². The number of hydrogen-bond donors (Lipinski definition) is 1. The first-order valence-electron chi connectivity index (χ1n) is 13.8. The molecule has 0 saturated carbocycles. The summed E-state index contributed by atoms with van der Waals surface area (Å²) in [5.74, 6) is -0.414. The van der Waals surface area contributed by atoms with Gasteiger partial charge in [0.05, 0.1) is 18.3 Å². The van der Waals surface area contributed by atoms with Crippen molar-refractivity contribution in [3.63, 3.8) is 0 Å². The van der Waals surface area contributed by atoms with Crippen LogP contribution in [0.1, 0.15) is 39.9 Å². The minimum absolute atomic E-state index is 0.0179. The molecule has 1 aromatic heterocycles. The Morgan fingerprint density at radius 3 is 2.60 bits per heavy atom. The molecular weight excluding hydrogens is 654 g/mol. The van der Waals surface area contributed by atoms with Crippen molar-refractivity contribution in [2.75, 3.05) is 37.0 Å². The number of aromatic nitrogens is 1. The molecule has 11 heteroatoms. The molecule has 6 rings (SSSR count). The molecule has 1 N–H and O–H groups in total. The number of nitrogens with one attached hydrogen (secondary N) is 1. The maximum absolute atomic E-state index is 15.1. The van der Waals surface area contributed by atoms with Crippen molar-refractivity contribution in [2.24, 2.45) is 7.05 Å². The molecule has 42 heavy (non-hydrogen) atoms. The molecule has 0 bridgehead atoms. The number of hydrogen-bond acceptors (Lipinski definition) is 6. The lowest BCUT2D eigenvalue weighted by Crippen LogP contribution is -2.49. The summed E-state index contributed by atoms with van der Waals surface area (Å²) in [4.78, 5) is 42.5. The predicted molar refractivity (Wildman–Crippen MR) is 167 cm³/mol. The lowest BCUT2D eigenvalue weighted by molar-refractivity contribution is 0.103. The van der Waals surface area contributed by atoms with Crippen molar-refractivity contribution in [2.45, 2.75) is 29.7 Å². The van der Waals surface area contributed by atoms with Crippen LogP contribution in [-0.4, -0.2) is 54.1 Å². The third kappa shape index (κ3) is 5.14. The molecule has 2 aliphatic heterocycles. The van der Waals surface area contributed by atoms with Crippen LogP contribution < -0.4 is 20.7 Å². The molecule has 1 fully saturated rings. The SMILES string of the molecule is COc1ccc2c(c1)CCN(C1CCN(c3cc(C(=O)c4cc(CI)c5c(c4)oc(=O)n5C)ccc3F)CC1)C(=O)N2. The number of alkyl halides is 1. The maximum atomic E-state index is 15.1. The number of nitrogens with zero attached hydrogens (tertiary/aromatic N) is 3. The zero-order chi connectivity index (χ0) is 29.5. The standard InChI is InChI=1S/C31H30FIN4O5/c1-35-28-21(17-33)13-20(16-27(28)42-31(35)40)29(38)19-3-5-24(32)26(15-19)36-10-8-22(9-11-36)37-12-7-18-14-23(41-2)4-6-25(18)34-30(37)39/h3-6,13-16,22H,7-12,17H2,1-2H3,(H,34,39).